The van der Waals surface area contributed by atoms with E-state index in [-0.39, 0.29) is 22.8 Å². The minimum atomic E-state index is -4.27. The van der Waals surface area contributed by atoms with Crippen LogP contribution in [-0.4, -0.2) is 31.2 Å². The average Bonchev–Trinajstić information content (AvgIpc) is 2.70. The third-order valence-corrected chi connectivity index (χ3v) is 5.52. The molecule has 0 aromatic heterocycles. The highest BCUT2D eigenvalue weighted by molar-refractivity contribution is 7.87. The fourth-order valence-electron chi connectivity index (χ4n) is 2.70. The van der Waals surface area contributed by atoms with E-state index >= 15 is 0 Å². The summed E-state index contributed by atoms with van der Waals surface area (Å²) in [6.45, 7) is 1.93. The number of aromatic carboxylic acids is 1. The maximum absolute atomic E-state index is 12.6. The number of phenolic OH excluding ortho intramolecular Hbond substituents is 1. The first-order valence-corrected chi connectivity index (χ1v) is 10.5. The van der Waals surface area contributed by atoms with Gasteiger partial charge in [0.25, 0.3) is 0 Å². The van der Waals surface area contributed by atoms with Gasteiger partial charge in [0.2, 0.25) is 5.75 Å². The minimum Gasteiger partial charge on any atom is -0.504 e. The molecule has 0 saturated carbocycles. The Balaban J connectivity index is 1.90. The summed E-state index contributed by atoms with van der Waals surface area (Å²) in [5.41, 5.74) is 1.51. The molecule has 0 radical (unpaired) electrons. The van der Waals surface area contributed by atoms with Crippen LogP contribution in [0.3, 0.4) is 0 Å². The highest BCUT2D eigenvalue weighted by Gasteiger charge is 2.23. The van der Waals surface area contributed by atoms with Crippen LogP contribution >= 0.6 is 0 Å². The van der Waals surface area contributed by atoms with Crippen LogP contribution < -0.4 is 8.92 Å². The standard InChI is InChI=1S/C22H20O7S/c1-15-7-9-18(10-8-15)30(26,27)29-20-14-17(22(24)25)13-19(23)21(20)28-12-11-16-5-3-2-4-6-16/h2-10,13-14,23H,11-12H2,1H3,(H,24,25). The number of rotatable bonds is 8. The summed E-state index contributed by atoms with van der Waals surface area (Å²) in [6.07, 6.45) is 0.491. The van der Waals surface area contributed by atoms with Crippen molar-refractivity contribution >= 4 is 16.1 Å². The first kappa shape index (κ1) is 21.2. The van der Waals surface area contributed by atoms with Crippen LogP contribution in [0.15, 0.2) is 71.6 Å². The molecular formula is C22H20O7S. The van der Waals surface area contributed by atoms with Gasteiger partial charge in [-0.15, -0.1) is 0 Å². The van der Waals surface area contributed by atoms with Crippen LogP contribution in [0.4, 0.5) is 0 Å². The molecular weight excluding hydrogens is 408 g/mol. The number of benzene rings is 3. The summed E-state index contributed by atoms with van der Waals surface area (Å²) in [5, 5.41) is 19.5. The summed E-state index contributed by atoms with van der Waals surface area (Å²) in [4.78, 5) is 11.2. The Kier molecular flexibility index (Phi) is 6.27. The van der Waals surface area contributed by atoms with Gasteiger partial charge < -0.3 is 19.1 Å². The largest absolute Gasteiger partial charge is 0.504 e. The van der Waals surface area contributed by atoms with Gasteiger partial charge in [0.15, 0.2) is 11.5 Å². The van der Waals surface area contributed by atoms with E-state index in [0.29, 0.717) is 6.42 Å². The molecule has 7 nitrogen and oxygen atoms in total. The lowest BCUT2D eigenvalue weighted by Gasteiger charge is -2.15. The first-order chi connectivity index (χ1) is 14.3. The molecule has 0 bridgehead atoms. The van der Waals surface area contributed by atoms with Crippen LogP contribution in [0.5, 0.6) is 17.2 Å². The molecule has 0 aliphatic heterocycles. The van der Waals surface area contributed by atoms with E-state index in [0.717, 1.165) is 23.3 Å². The van der Waals surface area contributed by atoms with Crippen LogP contribution in [0.1, 0.15) is 21.5 Å². The van der Waals surface area contributed by atoms with Gasteiger partial charge in [-0.2, -0.15) is 8.42 Å². The van der Waals surface area contributed by atoms with Crippen LogP contribution in [0.25, 0.3) is 0 Å². The summed E-state index contributed by atoms with van der Waals surface area (Å²) in [6, 6.07) is 17.4. The van der Waals surface area contributed by atoms with Gasteiger partial charge in [-0.1, -0.05) is 48.0 Å². The lowest BCUT2D eigenvalue weighted by atomic mass is 10.1. The van der Waals surface area contributed by atoms with Crippen molar-refractivity contribution in [3.63, 3.8) is 0 Å². The van der Waals surface area contributed by atoms with E-state index < -0.39 is 27.6 Å². The molecule has 0 spiro atoms. The number of carbonyl (C=O) groups is 1. The zero-order valence-electron chi connectivity index (χ0n) is 16.1. The fraction of sp³-hybridized carbons (Fsp3) is 0.136. The van der Waals surface area contributed by atoms with Gasteiger partial charge >= 0.3 is 16.1 Å². The molecule has 30 heavy (non-hydrogen) atoms. The number of aromatic hydroxyl groups is 1. The number of carboxylic acid groups (broad SMARTS) is 1. The molecule has 3 aromatic rings. The fourth-order valence-corrected chi connectivity index (χ4v) is 3.63. The van der Waals surface area contributed by atoms with Gasteiger partial charge in [0, 0.05) is 12.5 Å². The predicted octanol–water partition coefficient (Wildman–Crippen LogP) is 3.79. The van der Waals surface area contributed by atoms with Crippen LogP contribution in [-0.2, 0) is 16.5 Å². The van der Waals surface area contributed by atoms with Crippen molar-refractivity contribution in [2.45, 2.75) is 18.2 Å². The second kappa shape index (κ2) is 8.87. The normalized spacial score (nSPS) is 11.1. The van der Waals surface area contributed by atoms with E-state index in [9.17, 15) is 23.4 Å². The summed E-state index contributed by atoms with van der Waals surface area (Å²) in [7, 11) is -4.27. The van der Waals surface area contributed by atoms with Crippen LogP contribution in [0.2, 0.25) is 0 Å². The Labute approximate surface area is 174 Å². The Bertz CT molecular complexity index is 1140. The number of hydrogen-bond donors (Lipinski definition) is 2. The van der Waals surface area contributed by atoms with Crippen molar-refractivity contribution in [1.82, 2.24) is 0 Å². The molecule has 3 rings (SSSR count). The van der Waals surface area contributed by atoms with Crippen molar-refractivity contribution in [2.24, 2.45) is 0 Å². The van der Waals surface area contributed by atoms with Crippen molar-refractivity contribution in [1.29, 1.82) is 0 Å². The molecule has 0 heterocycles. The first-order valence-electron chi connectivity index (χ1n) is 9.04. The third kappa shape index (κ3) is 5.09. The molecule has 156 valence electrons. The quantitative estimate of drug-likeness (QED) is 0.525. The molecule has 0 saturated heterocycles. The number of phenols is 1. The van der Waals surface area contributed by atoms with Crippen molar-refractivity contribution in [3.05, 3.63) is 83.4 Å². The summed E-state index contributed by atoms with van der Waals surface area (Å²) in [5.74, 6) is -2.52. The summed E-state index contributed by atoms with van der Waals surface area (Å²) >= 11 is 0. The topological polar surface area (TPSA) is 110 Å². The number of ether oxygens (including phenoxy) is 1. The molecule has 0 aliphatic carbocycles. The zero-order valence-corrected chi connectivity index (χ0v) is 16.9. The van der Waals surface area contributed by atoms with E-state index in [2.05, 4.69) is 0 Å². The molecule has 2 N–H and O–H groups in total. The number of carboxylic acids is 1. The second-order valence-corrected chi connectivity index (χ2v) is 8.11. The lowest BCUT2D eigenvalue weighted by Crippen LogP contribution is -2.12. The highest BCUT2D eigenvalue weighted by atomic mass is 32.2. The van der Waals surface area contributed by atoms with Crippen molar-refractivity contribution in [2.75, 3.05) is 6.61 Å². The monoisotopic (exact) mass is 428 g/mol. The zero-order chi connectivity index (χ0) is 21.7. The van der Waals surface area contributed by atoms with E-state index in [4.69, 9.17) is 8.92 Å². The van der Waals surface area contributed by atoms with Crippen molar-refractivity contribution in [3.8, 4) is 17.2 Å². The second-order valence-electron chi connectivity index (χ2n) is 6.56. The van der Waals surface area contributed by atoms with E-state index in [1.165, 1.54) is 12.1 Å². The predicted molar refractivity (Wildman–Crippen MR) is 110 cm³/mol. The smallest absolute Gasteiger partial charge is 0.339 e. The average molecular weight is 428 g/mol. The van der Waals surface area contributed by atoms with Gasteiger partial charge in [-0.3, -0.25) is 0 Å². The van der Waals surface area contributed by atoms with Gasteiger partial charge in [0.05, 0.1) is 12.2 Å². The van der Waals surface area contributed by atoms with Gasteiger partial charge in [-0.25, -0.2) is 4.79 Å². The number of aryl methyl sites for hydroxylation is 1. The van der Waals surface area contributed by atoms with Crippen LogP contribution in [0, 0.1) is 6.92 Å². The SMILES string of the molecule is Cc1ccc(S(=O)(=O)Oc2cc(C(=O)O)cc(O)c2OCCc2ccccc2)cc1. The lowest BCUT2D eigenvalue weighted by molar-refractivity contribution is 0.0696. The number of hydrogen-bond acceptors (Lipinski definition) is 6. The molecule has 0 amide bonds. The maximum atomic E-state index is 12.6. The van der Waals surface area contributed by atoms with E-state index in [1.807, 2.05) is 37.3 Å². The Morgan fingerprint density at radius 3 is 2.30 bits per heavy atom. The molecule has 0 fully saturated rings. The molecule has 0 atom stereocenters. The Hall–Kier alpha value is -3.52. The minimum absolute atomic E-state index is 0.108. The molecule has 3 aromatic carbocycles. The molecule has 8 heteroatoms. The van der Waals surface area contributed by atoms with Gasteiger partial charge in [-0.05, 0) is 30.7 Å². The summed E-state index contributed by atoms with van der Waals surface area (Å²) < 4.78 is 36.0. The molecule has 0 aliphatic rings. The third-order valence-electron chi connectivity index (χ3n) is 4.27. The maximum Gasteiger partial charge on any atom is 0.339 e. The van der Waals surface area contributed by atoms with Gasteiger partial charge in [0.1, 0.15) is 4.90 Å². The Morgan fingerprint density at radius 2 is 1.67 bits per heavy atom. The Morgan fingerprint density at radius 1 is 1.00 bits per heavy atom. The van der Waals surface area contributed by atoms with E-state index in [1.54, 1.807) is 12.1 Å². The van der Waals surface area contributed by atoms with Crippen molar-refractivity contribution < 1.29 is 32.3 Å². The molecule has 0 unspecified atom stereocenters. The highest BCUT2D eigenvalue weighted by Crippen LogP contribution is 2.39.